The van der Waals surface area contributed by atoms with E-state index in [-0.39, 0.29) is 0 Å². The Morgan fingerprint density at radius 3 is 2.89 bits per heavy atom. The predicted molar refractivity (Wildman–Crippen MR) is 44.0 cm³/mol. The van der Waals surface area contributed by atoms with Crippen molar-refractivity contribution in [2.75, 3.05) is 12.8 Å². The summed E-state index contributed by atoms with van der Waals surface area (Å²) in [6.07, 6.45) is 4.85. The van der Waals surface area contributed by atoms with Crippen LogP contribution in [0.4, 0.5) is 0 Å². The molecule has 1 fully saturated rings. The van der Waals surface area contributed by atoms with Gasteiger partial charge in [0.25, 0.3) is 0 Å². The van der Waals surface area contributed by atoms with E-state index in [4.69, 9.17) is 0 Å². The fourth-order valence-electron chi connectivity index (χ4n) is 1.43. The Bertz CT molecular complexity index is 75.0. The Morgan fingerprint density at radius 1 is 1.67 bits per heavy atom. The number of rotatable bonds is 2. The maximum absolute atomic E-state index is 3.49. The molecule has 1 nitrogen and oxygen atoms in total. The van der Waals surface area contributed by atoms with Gasteiger partial charge in [0.15, 0.2) is 0 Å². The highest BCUT2D eigenvalue weighted by molar-refractivity contribution is 7.99. The molecule has 0 spiro atoms. The van der Waals surface area contributed by atoms with Crippen molar-refractivity contribution >= 4 is 11.8 Å². The maximum atomic E-state index is 3.49. The number of nitrogens with one attached hydrogen (secondary N) is 1. The first-order valence-electron chi connectivity index (χ1n) is 3.64. The van der Waals surface area contributed by atoms with Crippen LogP contribution in [0.25, 0.3) is 0 Å². The second-order valence-corrected chi connectivity index (χ2v) is 3.61. The van der Waals surface area contributed by atoms with Crippen LogP contribution in [0.1, 0.15) is 19.8 Å². The van der Waals surface area contributed by atoms with Crippen LogP contribution in [0.2, 0.25) is 0 Å². The largest absolute Gasteiger partial charge is 0.313 e. The molecule has 0 aromatic rings. The molecule has 0 bridgehead atoms. The second-order valence-electron chi connectivity index (χ2n) is 2.53. The summed E-state index contributed by atoms with van der Waals surface area (Å²) in [4.78, 5) is 0. The molecule has 2 heteroatoms. The van der Waals surface area contributed by atoms with Gasteiger partial charge in [-0.2, -0.15) is 11.8 Å². The van der Waals surface area contributed by atoms with Crippen molar-refractivity contribution in [3.05, 3.63) is 0 Å². The van der Waals surface area contributed by atoms with Gasteiger partial charge in [-0.3, -0.25) is 0 Å². The Hall–Kier alpha value is 0.310. The Kier molecular flexibility index (Phi) is 2.86. The first-order chi connectivity index (χ1) is 4.38. The molecule has 0 amide bonds. The molecule has 9 heavy (non-hydrogen) atoms. The van der Waals surface area contributed by atoms with E-state index in [1.807, 2.05) is 11.8 Å². The van der Waals surface area contributed by atoms with Gasteiger partial charge < -0.3 is 5.32 Å². The molecule has 0 saturated carbocycles. The lowest BCUT2D eigenvalue weighted by atomic mass is 10.2. The summed E-state index contributed by atoms with van der Waals surface area (Å²) in [5.41, 5.74) is 0. The molecule has 0 aliphatic carbocycles. The van der Waals surface area contributed by atoms with Gasteiger partial charge in [-0.15, -0.1) is 0 Å². The third kappa shape index (κ3) is 1.62. The van der Waals surface area contributed by atoms with E-state index in [1.165, 1.54) is 19.4 Å². The van der Waals surface area contributed by atoms with Crippen LogP contribution in [-0.4, -0.2) is 24.1 Å². The zero-order valence-electron chi connectivity index (χ0n) is 6.18. The summed E-state index contributed by atoms with van der Waals surface area (Å²) < 4.78 is 0. The highest BCUT2D eigenvalue weighted by Crippen LogP contribution is 2.21. The summed E-state index contributed by atoms with van der Waals surface area (Å²) in [5.74, 6) is 0. The van der Waals surface area contributed by atoms with Crippen molar-refractivity contribution in [1.29, 1.82) is 0 Å². The number of hydrogen-bond donors (Lipinski definition) is 1. The quantitative estimate of drug-likeness (QED) is 0.632. The van der Waals surface area contributed by atoms with Crippen molar-refractivity contribution in [2.45, 2.75) is 31.1 Å². The van der Waals surface area contributed by atoms with Crippen LogP contribution < -0.4 is 5.32 Å². The zero-order valence-corrected chi connectivity index (χ0v) is 7.00. The summed E-state index contributed by atoms with van der Waals surface area (Å²) in [6, 6.07) is 0.792. The van der Waals surface area contributed by atoms with Gasteiger partial charge in [0.05, 0.1) is 0 Å². The minimum absolute atomic E-state index is 0.792. The van der Waals surface area contributed by atoms with Gasteiger partial charge >= 0.3 is 0 Å². The molecule has 1 unspecified atom stereocenters. The SMILES string of the molecule is CC[C@@H]1NCCC1SC. The minimum Gasteiger partial charge on any atom is -0.313 e. The lowest BCUT2D eigenvalue weighted by Gasteiger charge is -2.14. The minimum atomic E-state index is 0.792. The van der Waals surface area contributed by atoms with Gasteiger partial charge in [0.1, 0.15) is 0 Å². The van der Waals surface area contributed by atoms with E-state index < -0.39 is 0 Å². The average molecular weight is 145 g/mol. The van der Waals surface area contributed by atoms with E-state index in [0.29, 0.717) is 0 Å². The molecule has 1 rings (SSSR count). The molecular weight excluding hydrogens is 130 g/mol. The van der Waals surface area contributed by atoms with Gasteiger partial charge in [-0.25, -0.2) is 0 Å². The molecule has 1 aliphatic rings. The van der Waals surface area contributed by atoms with Crippen LogP contribution in [0.5, 0.6) is 0 Å². The molecule has 1 N–H and O–H groups in total. The van der Waals surface area contributed by atoms with Gasteiger partial charge in [0.2, 0.25) is 0 Å². The van der Waals surface area contributed by atoms with Gasteiger partial charge in [-0.05, 0) is 25.6 Å². The van der Waals surface area contributed by atoms with Crippen LogP contribution in [-0.2, 0) is 0 Å². The molecule has 1 aliphatic heterocycles. The molecule has 0 aromatic carbocycles. The van der Waals surface area contributed by atoms with E-state index in [0.717, 1.165) is 11.3 Å². The Balaban J connectivity index is 2.32. The van der Waals surface area contributed by atoms with Crippen molar-refractivity contribution < 1.29 is 0 Å². The normalized spacial score (nSPS) is 35.3. The molecule has 0 aromatic heterocycles. The summed E-state index contributed by atoms with van der Waals surface area (Å²) in [6.45, 7) is 3.48. The first-order valence-corrected chi connectivity index (χ1v) is 4.93. The maximum Gasteiger partial charge on any atom is 0.0210 e. The zero-order chi connectivity index (χ0) is 6.69. The third-order valence-corrected chi connectivity index (χ3v) is 3.20. The van der Waals surface area contributed by atoms with Crippen molar-refractivity contribution in [3.63, 3.8) is 0 Å². The Morgan fingerprint density at radius 2 is 2.44 bits per heavy atom. The van der Waals surface area contributed by atoms with Crippen LogP contribution in [0, 0.1) is 0 Å². The monoisotopic (exact) mass is 145 g/mol. The molecular formula is C7H15NS. The Labute approximate surface area is 61.6 Å². The van der Waals surface area contributed by atoms with E-state index >= 15 is 0 Å². The average Bonchev–Trinajstić information content (AvgIpc) is 2.33. The van der Waals surface area contributed by atoms with Crippen LogP contribution >= 0.6 is 11.8 Å². The lowest BCUT2D eigenvalue weighted by molar-refractivity contribution is 0.596. The van der Waals surface area contributed by atoms with Crippen molar-refractivity contribution in [2.24, 2.45) is 0 Å². The lowest BCUT2D eigenvalue weighted by Crippen LogP contribution is -2.27. The first kappa shape index (κ1) is 7.42. The predicted octanol–water partition coefficient (Wildman–Crippen LogP) is 1.49. The summed E-state index contributed by atoms with van der Waals surface area (Å²) in [5, 5.41) is 4.37. The molecule has 2 atom stereocenters. The fraction of sp³-hybridized carbons (Fsp3) is 1.00. The molecule has 0 radical (unpaired) electrons. The molecule has 1 saturated heterocycles. The van der Waals surface area contributed by atoms with Crippen LogP contribution in [0.15, 0.2) is 0 Å². The number of thioether (sulfide) groups is 1. The van der Waals surface area contributed by atoms with E-state index in [9.17, 15) is 0 Å². The summed E-state index contributed by atoms with van der Waals surface area (Å²) >= 11 is 2.00. The van der Waals surface area contributed by atoms with Crippen molar-refractivity contribution in [3.8, 4) is 0 Å². The van der Waals surface area contributed by atoms with Crippen molar-refractivity contribution in [1.82, 2.24) is 5.32 Å². The molecule has 1 heterocycles. The van der Waals surface area contributed by atoms with Gasteiger partial charge in [0, 0.05) is 11.3 Å². The third-order valence-electron chi connectivity index (χ3n) is 2.03. The highest BCUT2D eigenvalue weighted by Gasteiger charge is 2.23. The summed E-state index contributed by atoms with van der Waals surface area (Å²) in [7, 11) is 0. The standard InChI is InChI=1S/C7H15NS/c1-3-6-7(9-2)4-5-8-6/h6-8H,3-5H2,1-2H3/t6-,7?/m0/s1. The van der Waals surface area contributed by atoms with E-state index in [1.54, 1.807) is 0 Å². The fourth-order valence-corrected chi connectivity index (χ4v) is 2.40. The van der Waals surface area contributed by atoms with Gasteiger partial charge in [-0.1, -0.05) is 6.92 Å². The smallest absolute Gasteiger partial charge is 0.0210 e. The highest BCUT2D eigenvalue weighted by atomic mass is 32.2. The number of hydrogen-bond acceptors (Lipinski definition) is 2. The molecule has 54 valence electrons. The van der Waals surface area contributed by atoms with E-state index in [2.05, 4.69) is 18.5 Å². The topological polar surface area (TPSA) is 12.0 Å². The second kappa shape index (κ2) is 3.47. The van der Waals surface area contributed by atoms with Crippen LogP contribution in [0.3, 0.4) is 0 Å².